The van der Waals surface area contributed by atoms with Crippen molar-refractivity contribution in [2.24, 2.45) is 0 Å². The van der Waals surface area contributed by atoms with Crippen LogP contribution in [0, 0.1) is 0 Å². The summed E-state index contributed by atoms with van der Waals surface area (Å²) >= 11 is 11.6. The van der Waals surface area contributed by atoms with Gasteiger partial charge in [0.25, 0.3) is 0 Å². The van der Waals surface area contributed by atoms with Crippen LogP contribution in [0.3, 0.4) is 0 Å². The number of nitrogens with one attached hydrogen (secondary N) is 2. The Labute approximate surface area is 155 Å². The molecule has 1 heterocycles. The van der Waals surface area contributed by atoms with Crippen molar-refractivity contribution in [3.05, 3.63) is 22.4 Å². The number of carbonyl (C=O) groups is 1. The highest BCUT2D eigenvalue weighted by Crippen LogP contribution is 2.18. The van der Waals surface area contributed by atoms with Gasteiger partial charge in [-0.2, -0.15) is 0 Å². The highest BCUT2D eigenvalue weighted by molar-refractivity contribution is 6.32. The molecule has 136 valence electrons. The van der Waals surface area contributed by atoms with E-state index in [-0.39, 0.29) is 16.3 Å². The number of carbonyl (C=O) groups excluding carboxylic acids is 1. The van der Waals surface area contributed by atoms with Gasteiger partial charge in [-0.3, -0.25) is 0 Å². The summed E-state index contributed by atoms with van der Waals surface area (Å²) in [5, 5.41) is 6.05. The molecule has 0 radical (unpaired) electrons. The van der Waals surface area contributed by atoms with Crippen LogP contribution in [0.5, 0.6) is 0 Å². The number of rotatable bonds is 12. The van der Waals surface area contributed by atoms with Gasteiger partial charge in [-0.1, -0.05) is 87.9 Å². The third-order valence-electron chi connectivity index (χ3n) is 3.84. The van der Waals surface area contributed by atoms with E-state index in [0.717, 1.165) is 12.8 Å². The molecule has 0 unspecified atom stereocenters. The molecule has 0 bridgehead atoms. The van der Waals surface area contributed by atoms with E-state index in [9.17, 15) is 4.79 Å². The fourth-order valence-electron chi connectivity index (χ4n) is 2.53. The van der Waals surface area contributed by atoms with Gasteiger partial charge in [0.05, 0.1) is 0 Å². The summed E-state index contributed by atoms with van der Waals surface area (Å²) in [4.78, 5) is 15.6. The Kier molecular flexibility index (Phi) is 11.7. The number of aromatic nitrogens is 1. The van der Waals surface area contributed by atoms with Gasteiger partial charge in [0.15, 0.2) is 0 Å². The van der Waals surface area contributed by atoms with E-state index < -0.39 is 0 Å². The molecule has 2 N–H and O–H groups in total. The van der Waals surface area contributed by atoms with E-state index in [1.807, 2.05) is 0 Å². The van der Waals surface area contributed by atoms with Crippen LogP contribution in [0.4, 0.5) is 10.5 Å². The van der Waals surface area contributed by atoms with Gasteiger partial charge in [0.1, 0.15) is 10.3 Å². The molecule has 0 spiro atoms. The van der Waals surface area contributed by atoms with E-state index >= 15 is 0 Å². The van der Waals surface area contributed by atoms with E-state index in [0.29, 0.717) is 12.2 Å². The summed E-state index contributed by atoms with van der Waals surface area (Å²) in [5.41, 5.74) is 0.542. The number of nitrogens with zero attached hydrogens (tertiary/aromatic N) is 1. The second-order valence-corrected chi connectivity index (χ2v) is 6.84. The Bertz CT molecular complexity index is 463. The summed E-state index contributed by atoms with van der Waals surface area (Å²) in [5.74, 6) is 0. The number of urea groups is 1. The van der Waals surface area contributed by atoms with Gasteiger partial charge >= 0.3 is 6.03 Å². The predicted molar refractivity (Wildman–Crippen MR) is 103 cm³/mol. The average Bonchev–Trinajstić information content (AvgIpc) is 2.51. The van der Waals surface area contributed by atoms with Crippen molar-refractivity contribution in [3.8, 4) is 0 Å². The molecule has 1 aromatic heterocycles. The van der Waals surface area contributed by atoms with Crippen molar-refractivity contribution in [2.75, 3.05) is 11.9 Å². The normalized spacial score (nSPS) is 10.6. The van der Waals surface area contributed by atoms with Crippen LogP contribution in [-0.4, -0.2) is 17.6 Å². The average molecular weight is 374 g/mol. The molecule has 24 heavy (non-hydrogen) atoms. The number of anilines is 1. The van der Waals surface area contributed by atoms with Crippen LogP contribution >= 0.6 is 23.2 Å². The number of unbranched alkanes of at least 4 members (excludes halogenated alkanes) is 9. The molecule has 1 rings (SSSR count). The Hall–Kier alpha value is -1.00. The second kappa shape index (κ2) is 13.3. The molecule has 0 aromatic carbocycles. The van der Waals surface area contributed by atoms with E-state index in [1.165, 1.54) is 51.4 Å². The monoisotopic (exact) mass is 373 g/mol. The SMILES string of the molecule is CCCCCCCCCCCCNC(=O)Nc1cc(Cl)nc(Cl)c1. The smallest absolute Gasteiger partial charge is 0.319 e. The lowest BCUT2D eigenvalue weighted by molar-refractivity contribution is 0.252. The summed E-state index contributed by atoms with van der Waals surface area (Å²) in [6.07, 6.45) is 12.8. The minimum absolute atomic E-state index is 0.246. The fraction of sp³-hybridized carbons (Fsp3) is 0.667. The third kappa shape index (κ3) is 10.7. The molecular formula is C18H29Cl2N3O. The van der Waals surface area contributed by atoms with Crippen molar-refractivity contribution in [3.63, 3.8) is 0 Å². The van der Waals surface area contributed by atoms with Crippen LogP contribution in [0.1, 0.15) is 71.1 Å². The lowest BCUT2D eigenvalue weighted by Gasteiger charge is -2.08. The van der Waals surface area contributed by atoms with Crippen molar-refractivity contribution < 1.29 is 4.79 Å². The Balaban J connectivity index is 1.98. The maximum Gasteiger partial charge on any atom is 0.319 e. The topological polar surface area (TPSA) is 54.0 Å². The predicted octanol–water partition coefficient (Wildman–Crippen LogP) is 6.43. The minimum atomic E-state index is -0.246. The van der Waals surface area contributed by atoms with E-state index in [1.54, 1.807) is 12.1 Å². The largest absolute Gasteiger partial charge is 0.338 e. The summed E-state index contributed by atoms with van der Waals surface area (Å²) < 4.78 is 0. The summed E-state index contributed by atoms with van der Waals surface area (Å²) in [7, 11) is 0. The standard InChI is InChI=1S/C18H29Cl2N3O/c1-2-3-4-5-6-7-8-9-10-11-12-21-18(24)22-15-13-16(19)23-17(20)14-15/h13-14H,2-12H2,1H3,(H2,21,22,23,24). The third-order valence-corrected chi connectivity index (χ3v) is 4.22. The zero-order chi connectivity index (χ0) is 17.6. The molecule has 6 heteroatoms. The highest BCUT2D eigenvalue weighted by atomic mass is 35.5. The zero-order valence-electron chi connectivity index (χ0n) is 14.5. The van der Waals surface area contributed by atoms with Crippen molar-refractivity contribution in [1.29, 1.82) is 0 Å². The van der Waals surface area contributed by atoms with E-state index in [2.05, 4.69) is 22.5 Å². The summed E-state index contributed by atoms with van der Waals surface area (Å²) in [6, 6.07) is 2.88. The number of hydrogen-bond acceptors (Lipinski definition) is 2. The molecule has 0 saturated carbocycles. The van der Waals surface area contributed by atoms with Gasteiger partial charge < -0.3 is 10.6 Å². The molecule has 4 nitrogen and oxygen atoms in total. The minimum Gasteiger partial charge on any atom is -0.338 e. The second-order valence-electron chi connectivity index (χ2n) is 6.06. The first kappa shape index (κ1) is 21.0. The van der Waals surface area contributed by atoms with Gasteiger partial charge in [-0.25, -0.2) is 9.78 Å². The molecule has 2 amide bonds. The maximum absolute atomic E-state index is 11.8. The molecule has 1 aromatic rings. The number of pyridine rings is 1. The quantitative estimate of drug-likeness (QED) is 0.327. The number of halogens is 2. The van der Waals surface area contributed by atoms with Crippen molar-refractivity contribution >= 4 is 34.9 Å². The lowest BCUT2D eigenvalue weighted by Crippen LogP contribution is -2.29. The number of amides is 2. The lowest BCUT2D eigenvalue weighted by atomic mass is 10.1. The summed E-state index contributed by atoms with van der Waals surface area (Å²) in [6.45, 7) is 2.92. The van der Waals surface area contributed by atoms with Crippen molar-refractivity contribution in [1.82, 2.24) is 10.3 Å². The van der Waals surface area contributed by atoms with Crippen LogP contribution < -0.4 is 10.6 Å². The van der Waals surface area contributed by atoms with Gasteiger partial charge in [-0.05, 0) is 18.6 Å². The molecule has 0 aliphatic heterocycles. The maximum atomic E-state index is 11.8. The first-order valence-electron chi connectivity index (χ1n) is 8.99. The van der Waals surface area contributed by atoms with E-state index in [4.69, 9.17) is 23.2 Å². The molecule has 0 aliphatic carbocycles. The molecule has 0 fully saturated rings. The Morgan fingerprint density at radius 1 is 0.917 bits per heavy atom. The molecule has 0 saturated heterocycles. The zero-order valence-corrected chi connectivity index (χ0v) is 16.1. The van der Waals surface area contributed by atoms with Crippen LogP contribution in [-0.2, 0) is 0 Å². The fourth-order valence-corrected chi connectivity index (χ4v) is 2.99. The van der Waals surface area contributed by atoms with Gasteiger partial charge in [0, 0.05) is 12.2 Å². The Morgan fingerprint density at radius 2 is 1.42 bits per heavy atom. The highest BCUT2D eigenvalue weighted by Gasteiger charge is 2.04. The first-order chi connectivity index (χ1) is 11.6. The van der Waals surface area contributed by atoms with Gasteiger partial charge in [-0.15, -0.1) is 0 Å². The van der Waals surface area contributed by atoms with Crippen LogP contribution in [0.25, 0.3) is 0 Å². The molecule has 0 aliphatic rings. The Morgan fingerprint density at radius 3 is 1.96 bits per heavy atom. The molecular weight excluding hydrogens is 345 g/mol. The molecule has 0 atom stereocenters. The number of hydrogen-bond donors (Lipinski definition) is 2. The van der Waals surface area contributed by atoms with Gasteiger partial charge in [0.2, 0.25) is 0 Å². The van der Waals surface area contributed by atoms with Crippen LogP contribution in [0.15, 0.2) is 12.1 Å². The van der Waals surface area contributed by atoms with Crippen LogP contribution in [0.2, 0.25) is 10.3 Å². The van der Waals surface area contributed by atoms with Crippen molar-refractivity contribution in [2.45, 2.75) is 71.1 Å². The first-order valence-corrected chi connectivity index (χ1v) is 9.75.